The molecule has 3 heteroatoms. The third-order valence-electron chi connectivity index (χ3n) is 2.91. The second kappa shape index (κ2) is 3.73. The van der Waals surface area contributed by atoms with Gasteiger partial charge in [-0.2, -0.15) is 0 Å². The average Bonchev–Trinajstić information content (AvgIpc) is 2.14. The quantitative estimate of drug-likeness (QED) is 0.627. The molecule has 0 spiro atoms. The van der Waals surface area contributed by atoms with Gasteiger partial charge in [0.25, 0.3) is 0 Å². The molecule has 1 saturated heterocycles. The van der Waals surface area contributed by atoms with E-state index in [2.05, 4.69) is 5.32 Å². The van der Waals surface area contributed by atoms with Gasteiger partial charge >= 0.3 is 0 Å². The van der Waals surface area contributed by atoms with Crippen molar-refractivity contribution in [3.63, 3.8) is 0 Å². The van der Waals surface area contributed by atoms with Crippen molar-refractivity contribution >= 4 is 0 Å². The minimum Gasteiger partial charge on any atom is -0.392 e. The largest absolute Gasteiger partial charge is 0.392 e. The van der Waals surface area contributed by atoms with Gasteiger partial charge in [0, 0.05) is 25.3 Å². The van der Waals surface area contributed by atoms with Gasteiger partial charge in [-0.05, 0) is 25.7 Å². The van der Waals surface area contributed by atoms with Crippen LogP contribution in [0.15, 0.2) is 0 Å². The molecule has 0 bridgehead atoms. The Kier molecular flexibility index (Phi) is 2.63. The highest BCUT2D eigenvalue weighted by atomic mass is 16.5. The molecule has 2 rings (SSSR count). The fraction of sp³-hybridized carbons (Fsp3) is 1.00. The summed E-state index contributed by atoms with van der Waals surface area (Å²) in [4.78, 5) is 0. The third kappa shape index (κ3) is 1.79. The summed E-state index contributed by atoms with van der Waals surface area (Å²) in [5.41, 5.74) is 0. The topological polar surface area (TPSA) is 41.5 Å². The molecule has 0 radical (unpaired) electrons. The second-order valence-electron chi connectivity index (χ2n) is 3.80. The molecular weight excluding hydrogens is 154 g/mol. The summed E-state index contributed by atoms with van der Waals surface area (Å²) in [6, 6.07) is 0.951. The van der Waals surface area contributed by atoms with Crippen molar-refractivity contribution < 1.29 is 9.84 Å². The van der Waals surface area contributed by atoms with Crippen molar-refractivity contribution in [2.45, 2.75) is 43.9 Å². The normalized spacial score (nSPS) is 37.8. The zero-order valence-electron chi connectivity index (χ0n) is 7.33. The predicted molar refractivity (Wildman–Crippen MR) is 46.0 cm³/mol. The highest BCUT2D eigenvalue weighted by Gasteiger charge is 2.30. The van der Waals surface area contributed by atoms with Gasteiger partial charge in [0.1, 0.15) is 0 Å². The summed E-state index contributed by atoms with van der Waals surface area (Å²) in [7, 11) is 0. The summed E-state index contributed by atoms with van der Waals surface area (Å²) in [6.07, 6.45) is 4.22. The van der Waals surface area contributed by atoms with E-state index >= 15 is 0 Å². The number of hydrogen-bond acceptors (Lipinski definition) is 3. The number of nitrogens with one attached hydrogen (secondary N) is 1. The monoisotopic (exact) mass is 171 g/mol. The average molecular weight is 171 g/mol. The fourth-order valence-electron chi connectivity index (χ4n) is 1.84. The first kappa shape index (κ1) is 8.48. The summed E-state index contributed by atoms with van der Waals surface area (Å²) >= 11 is 0. The Balaban J connectivity index is 1.70. The van der Waals surface area contributed by atoms with Crippen LogP contribution in [-0.2, 0) is 4.74 Å². The van der Waals surface area contributed by atoms with Gasteiger partial charge in [-0.15, -0.1) is 0 Å². The molecular formula is C9H17NO2. The van der Waals surface area contributed by atoms with Crippen LogP contribution in [-0.4, -0.2) is 36.5 Å². The van der Waals surface area contributed by atoms with E-state index in [0.717, 1.165) is 38.9 Å². The van der Waals surface area contributed by atoms with Gasteiger partial charge < -0.3 is 15.2 Å². The number of ether oxygens (including phenoxy) is 1. The molecule has 1 aliphatic carbocycles. The van der Waals surface area contributed by atoms with E-state index in [-0.39, 0.29) is 6.10 Å². The lowest BCUT2D eigenvalue weighted by atomic mass is 9.88. The van der Waals surface area contributed by atoms with Gasteiger partial charge in [-0.3, -0.25) is 0 Å². The van der Waals surface area contributed by atoms with E-state index < -0.39 is 0 Å². The smallest absolute Gasteiger partial charge is 0.0693 e. The predicted octanol–water partition coefficient (Wildman–Crippen LogP) is 0.278. The Hall–Kier alpha value is -0.120. The fourth-order valence-corrected chi connectivity index (χ4v) is 1.84. The maximum atomic E-state index is 9.34. The zero-order valence-corrected chi connectivity index (χ0v) is 7.33. The minimum absolute atomic E-state index is 0.0900. The molecule has 1 aliphatic heterocycles. The second-order valence-corrected chi connectivity index (χ2v) is 3.80. The van der Waals surface area contributed by atoms with Crippen LogP contribution in [0.3, 0.4) is 0 Å². The first-order chi connectivity index (χ1) is 5.86. The number of hydrogen-bond donors (Lipinski definition) is 2. The standard InChI is InChI=1S/C9H17NO2/c11-9-2-1-8(9)10-7-3-5-12-6-4-7/h7-11H,1-6H2/t8-,9-/m1/s1. The summed E-state index contributed by atoms with van der Waals surface area (Å²) < 4.78 is 5.26. The molecule has 1 saturated carbocycles. The molecule has 12 heavy (non-hydrogen) atoms. The molecule has 0 unspecified atom stereocenters. The molecule has 3 nitrogen and oxygen atoms in total. The van der Waals surface area contributed by atoms with E-state index in [1.54, 1.807) is 0 Å². The van der Waals surface area contributed by atoms with Crippen LogP contribution in [0.25, 0.3) is 0 Å². The van der Waals surface area contributed by atoms with Crippen LogP contribution in [0.2, 0.25) is 0 Å². The van der Waals surface area contributed by atoms with E-state index in [4.69, 9.17) is 4.74 Å². The van der Waals surface area contributed by atoms with Gasteiger partial charge in [0.2, 0.25) is 0 Å². The highest BCUT2D eigenvalue weighted by molar-refractivity contribution is 4.89. The number of aliphatic hydroxyl groups excluding tert-OH is 1. The molecule has 2 N–H and O–H groups in total. The SMILES string of the molecule is O[C@@H]1CC[C@H]1NC1CCOCC1. The van der Waals surface area contributed by atoms with Gasteiger partial charge in [0.05, 0.1) is 6.10 Å². The third-order valence-corrected chi connectivity index (χ3v) is 2.91. The Morgan fingerprint density at radius 3 is 2.33 bits per heavy atom. The molecule has 2 atom stereocenters. The minimum atomic E-state index is -0.0900. The van der Waals surface area contributed by atoms with Crippen LogP contribution in [0.5, 0.6) is 0 Å². The summed E-state index contributed by atoms with van der Waals surface area (Å²) in [5, 5.41) is 12.8. The first-order valence-corrected chi connectivity index (χ1v) is 4.88. The summed E-state index contributed by atoms with van der Waals surface area (Å²) in [6.45, 7) is 1.75. The van der Waals surface area contributed by atoms with Gasteiger partial charge in [-0.1, -0.05) is 0 Å². The zero-order chi connectivity index (χ0) is 8.39. The molecule has 0 amide bonds. The van der Waals surface area contributed by atoms with Gasteiger partial charge in [0.15, 0.2) is 0 Å². The van der Waals surface area contributed by atoms with E-state index in [9.17, 15) is 5.11 Å². The number of aliphatic hydroxyl groups is 1. The van der Waals surface area contributed by atoms with Crippen LogP contribution < -0.4 is 5.32 Å². The van der Waals surface area contributed by atoms with Crippen molar-refractivity contribution in [1.29, 1.82) is 0 Å². The lowest BCUT2D eigenvalue weighted by Gasteiger charge is -2.37. The summed E-state index contributed by atoms with van der Waals surface area (Å²) in [5.74, 6) is 0. The van der Waals surface area contributed by atoms with Crippen LogP contribution in [0, 0.1) is 0 Å². The molecule has 0 aromatic carbocycles. The van der Waals surface area contributed by atoms with Gasteiger partial charge in [-0.25, -0.2) is 0 Å². The van der Waals surface area contributed by atoms with Crippen LogP contribution in [0.4, 0.5) is 0 Å². The molecule has 2 fully saturated rings. The molecule has 0 aromatic rings. The first-order valence-electron chi connectivity index (χ1n) is 4.88. The molecule has 2 aliphatic rings. The number of rotatable bonds is 2. The Morgan fingerprint density at radius 2 is 1.83 bits per heavy atom. The van der Waals surface area contributed by atoms with E-state index in [1.807, 2.05) is 0 Å². The van der Waals surface area contributed by atoms with Crippen LogP contribution >= 0.6 is 0 Å². The van der Waals surface area contributed by atoms with Crippen molar-refractivity contribution in [3.8, 4) is 0 Å². The van der Waals surface area contributed by atoms with Crippen molar-refractivity contribution in [3.05, 3.63) is 0 Å². The molecule has 1 heterocycles. The maximum Gasteiger partial charge on any atom is 0.0693 e. The van der Waals surface area contributed by atoms with Crippen LogP contribution in [0.1, 0.15) is 25.7 Å². The Bertz CT molecular complexity index is 145. The highest BCUT2D eigenvalue weighted by Crippen LogP contribution is 2.21. The maximum absolute atomic E-state index is 9.34. The molecule has 0 aromatic heterocycles. The molecule has 70 valence electrons. The van der Waals surface area contributed by atoms with Crippen molar-refractivity contribution in [2.24, 2.45) is 0 Å². The lowest BCUT2D eigenvalue weighted by molar-refractivity contribution is 0.0235. The van der Waals surface area contributed by atoms with Crippen molar-refractivity contribution in [1.82, 2.24) is 5.32 Å². The van der Waals surface area contributed by atoms with E-state index in [0.29, 0.717) is 12.1 Å². The van der Waals surface area contributed by atoms with Crippen molar-refractivity contribution in [2.75, 3.05) is 13.2 Å². The Morgan fingerprint density at radius 1 is 1.08 bits per heavy atom. The van der Waals surface area contributed by atoms with E-state index in [1.165, 1.54) is 0 Å². The Labute approximate surface area is 73.1 Å². The lowest BCUT2D eigenvalue weighted by Crippen LogP contribution is -2.52.